The van der Waals surface area contributed by atoms with E-state index in [0.717, 1.165) is 0 Å². The number of aromatic nitrogens is 2. The zero-order chi connectivity index (χ0) is 8.27. The van der Waals surface area contributed by atoms with Crippen LogP contribution < -0.4 is 5.73 Å². The first-order chi connectivity index (χ1) is 5.22. The minimum Gasteiger partial charge on any atom is -0.365 e. The number of hydrogen-bond donors (Lipinski definition) is 1. The van der Waals surface area contributed by atoms with Crippen molar-refractivity contribution in [3.05, 3.63) is 5.89 Å². The largest absolute Gasteiger partial charge is 0.365 e. The molecule has 0 fully saturated rings. The number of nitrogens with zero attached hydrogens (tertiary/aromatic N) is 3. The monoisotopic (exact) mass is 152 g/mol. The van der Waals surface area contributed by atoms with Crippen LogP contribution in [0.3, 0.4) is 0 Å². The molecular weight excluding hydrogens is 144 g/mol. The summed E-state index contributed by atoms with van der Waals surface area (Å²) < 4.78 is 4.70. The fraction of sp³-hybridized carbons (Fsp3) is 0.500. The first kappa shape index (κ1) is 7.54. The van der Waals surface area contributed by atoms with Crippen LogP contribution >= 0.6 is 0 Å². The predicted molar refractivity (Wildman–Crippen MR) is 37.2 cm³/mol. The molecule has 0 aliphatic rings. The van der Waals surface area contributed by atoms with Crippen molar-refractivity contribution in [3.8, 4) is 6.07 Å². The second-order valence-corrected chi connectivity index (χ2v) is 2.28. The molecule has 58 valence electrons. The molecule has 1 aromatic heterocycles. The Bertz CT molecular complexity index is 274. The van der Waals surface area contributed by atoms with Gasteiger partial charge in [0.15, 0.2) is 0 Å². The number of rotatable bonds is 2. The Labute approximate surface area is 63.8 Å². The van der Waals surface area contributed by atoms with Gasteiger partial charge in [-0.2, -0.15) is 10.2 Å². The predicted octanol–water partition coefficient (Wildman–Crippen LogP) is 0.354. The molecule has 2 N–H and O–H groups in total. The number of nitrogens with two attached hydrogens (primary N) is 1. The Balaban J connectivity index is 2.59. The Kier molecular flexibility index (Phi) is 2.06. The van der Waals surface area contributed by atoms with Crippen LogP contribution in [0.25, 0.3) is 0 Å². The SMILES string of the molecule is CC(C#N)Cc1nc(N)no1. The fourth-order valence-corrected chi connectivity index (χ4v) is 0.659. The topological polar surface area (TPSA) is 88.7 Å². The molecule has 1 aromatic rings. The van der Waals surface area contributed by atoms with E-state index >= 15 is 0 Å². The van der Waals surface area contributed by atoms with Crippen LogP contribution in [0.5, 0.6) is 0 Å². The van der Waals surface area contributed by atoms with E-state index in [1.54, 1.807) is 6.92 Å². The summed E-state index contributed by atoms with van der Waals surface area (Å²) in [5.41, 5.74) is 5.20. The zero-order valence-corrected chi connectivity index (χ0v) is 6.11. The van der Waals surface area contributed by atoms with Gasteiger partial charge >= 0.3 is 0 Å². The average Bonchev–Trinajstić information content (AvgIpc) is 2.35. The third kappa shape index (κ3) is 1.93. The molecule has 0 saturated carbocycles. The standard InChI is InChI=1S/C6H8N4O/c1-4(3-7)2-5-9-6(8)10-11-5/h4H,2H2,1H3,(H2,8,10). The van der Waals surface area contributed by atoms with Crippen LogP contribution in [0, 0.1) is 17.2 Å². The third-order valence-electron chi connectivity index (χ3n) is 1.18. The molecule has 1 unspecified atom stereocenters. The van der Waals surface area contributed by atoms with Crippen LogP contribution in [0.1, 0.15) is 12.8 Å². The molecule has 0 aromatic carbocycles. The number of nitrogen functional groups attached to an aromatic ring is 1. The molecular formula is C6H8N4O. The third-order valence-corrected chi connectivity index (χ3v) is 1.18. The highest BCUT2D eigenvalue weighted by atomic mass is 16.5. The lowest BCUT2D eigenvalue weighted by molar-refractivity contribution is 0.370. The highest BCUT2D eigenvalue weighted by molar-refractivity contribution is 5.10. The summed E-state index contributed by atoms with van der Waals surface area (Å²) in [7, 11) is 0. The van der Waals surface area contributed by atoms with Crippen LogP contribution in [-0.4, -0.2) is 10.1 Å². The molecule has 0 aliphatic carbocycles. The maximum atomic E-state index is 8.43. The van der Waals surface area contributed by atoms with Crippen molar-refractivity contribution in [2.75, 3.05) is 5.73 Å². The summed E-state index contributed by atoms with van der Waals surface area (Å²) in [6, 6.07) is 2.05. The van der Waals surface area contributed by atoms with Crippen molar-refractivity contribution in [1.29, 1.82) is 5.26 Å². The quantitative estimate of drug-likeness (QED) is 0.660. The molecule has 1 rings (SSSR count). The minimum absolute atomic E-state index is 0.116. The Morgan fingerprint density at radius 1 is 1.82 bits per heavy atom. The summed E-state index contributed by atoms with van der Waals surface area (Å²) in [5.74, 6) is 0.413. The van der Waals surface area contributed by atoms with Gasteiger partial charge in [-0.05, 0) is 12.1 Å². The summed E-state index contributed by atoms with van der Waals surface area (Å²) in [6.07, 6.45) is 0.459. The van der Waals surface area contributed by atoms with Crippen molar-refractivity contribution in [2.45, 2.75) is 13.3 Å². The molecule has 0 bridgehead atoms. The second kappa shape index (κ2) is 3.01. The van der Waals surface area contributed by atoms with Crippen LogP contribution in [0.15, 0.2) is 4.52 Å². The van der Waals surface area contributed by atoms with Crippen molar-refractivity contribution < 1.29 is 4.52 Å². The fourth-order valence-electron chi connectivity index (χ4n) is 0.659. The van der Waals surface area contributed by atoms with E-state index in [1.807, 2.05) is 0 Å². The minimum atomic E-state index is -0.116. The van der Waals surface area contributed by atoms with Gasteiger partial charge in [0.25, 0.3) is 5.95 Å². The van der Waals surface area contributed by atoms with Gasteiger partial charge in [-0.25, -0.2) is 0 Å². The van der Waals surface area contributed by atoms with Crippen molar-refractivity contribution in [3.63, 3.8) is 0 Å². The van der Waals surface area contributed by atoms with E-state index < -0.39 is 0 Å². The molecule has 1 atom stereocenters. The van der Waals surface area contributed by atoms with E-state index in [-0.39, 0.29) is 11.9 Å². The molecule has 1 heterocycles. The molecule has 5 heteroatoms. The van der Waals surface area contributed by atoms with E-state index in [2.05, 4.69) is 16.2 Å². The van der Waals surface area contributed by atoms with Crippen LogP contribution in [0.4, 0.5) is 5.95 Å². The van der Waals surface area contributed by atoms with E-state index in [1.165, 1.54) is 0 Å². The lowest BCUT2D eigenvalue weighted by Crippen LogP contribution is -1.96. The van der Waals surface area contributed by atoms with E-state index in [9.17, 15) is 0 Å². The average molecular weight is 152 g/mol. The number of anilines is 1. The lowest BCUT2D eigenvalue weighted by Gasteiger charge is -1.92. The van der Waals surface area contributed by atoms with Crippen molar-refractivity contribution in [1.82, 2.24) is 10.1 Å². The van der Waals surface area contributed by atoms with Gasteiger partial charge in [0.1, 0.15) is 0 Å². The molecule has 0 radical (unpaired) electrons. The van der Waals surface area contributed by atoms with Gasteiger partial charge in [-0.15, -0.1) is 0 Å². The van der Waals surface area contributed by atoms with Gasteiger partial charge in [-0.1, -0.05) is 0 Å². The molecule has 0 amide bonds. The molecule has 0 saturated heterocycles. The lowest BCUT2D eigenvalue weighted by atomic mass is 10.1. The number of nitriles is 1. The number of hydrogen-bond acceptors (Lipinski definition) is 5. The van der Waals surface area contributed by atoms with Crippen LogP contribution in [-0.2, 0) is 6.42 Å². The molecule has 0 aliphatic heterocycles. The summed E-state index contributed by atoms with van der Waals surface area (Å²) >= 11 is 0. The van der Waals surface area contributed by atoms with Crippen molar-refractivity contribution in [2.24, 2.45) is 5.92 Å². The first-order valence-electron chi connectivity index (χ1n) is 3.20. The van der Waals surface area contributed by atoms with Gasteiger partial charge in [0.05, 0.1) is 12.0 Å². The zero-order valence-electron chi connectivity index (χ0n) is 6.11. The van der Waals surface area contributed by atoms with E-state index in [4.69, 9.17) is 15.5 Å². The Morgan fingerprint density at radius 2 is 2.55 bits per heavy atom. The van der Waals surface area contributed by atoms with E-state index in [0.29, 0.717) is 12.3 Å². The highest BCUT2D eigenvalue weighted by Gasteiger charge is 2.07. The summed E-state index contributed by atoms with van der Waals surface area (Å²) in [5, 5.41) is 11.8. The normalized spacial score (nSPS) is 12.4. The van der Waals surface area contributed by atoms with Gasteiger partial charge in [0, 0.05) is 6.42 Å². The van der Waals surface area contributed by atoms with Crippen LogP contribution in [0.2, 0.25) is 0 Å². The van der Waals surface area contributed by atoms with Gasteiger partial charge in [-0.3, -0.25) is 0 Å². The second-order valence-electron chi connectivity index (χ2n) is 2.28. The van der Waals surface area contributed by atoms with Gasteiger partial charge < -0.3 is 10.3 Å². The molecule has 0 spiro atoms. The first-order valence-corrected chi connectivity index (χ1v) is 3.20. The van der Waals surface area contributed by atoms with Gasteiger partial charge in [0.2, 0.25) is 5.89 Å². The highest BCUT2D eigenvalue weighted by Crippen LogP contribution is 2.05. The maximum absolute atomic E-state index is 8.43. The molecule has 5 nitrogen and oxygen atoms in total. The summed E-state index contributed by atoms with van der Waals surface area (Å²) in [4.78, 5) is 3.75. The Morgan fingerprint density at radius 3 is 3.00 bits per heavy atom. The maximum Gasteiger partial charge on any atom is 0.260 e. The van der Waals surface area contributed by atoms with Crippen molar-refractivity contribution >= 4 is 5.95 Å². The Hall–Kier alpha value is -1.57. The smallest absolute Gasteiger partial charge is 0.260 e. The summed E-state index contributed by atoms with van der Waals surface area (Å²) in [6.45, 7) is 1.78. The molecule has 11 heavy (non-hydrogen) atoms.